The monoisotopic (exact) mass is 599 g/mol. The molecule has 0 aliphatic rings. The van der Waals surface area contributed by atoms with Crippen molar-refractivity contribution in [3.05, 3.63) is 129 Å². The molecule has 44 heavy (non-hydrogen) atoms. The summed E-state index contributed by atoms with van der Waals surface area (Å²) in [5, 5.41) is 10.4. The lowest BCUT2D eigenvalue weighted by Gasteiger charge is -2.11. The van der Waals surface area contributed by atoms with Crippen LogP contribution in [0, 0.1) is 13.8 Å². The first-order valence-electron chi connectivity index (χ1n) is 14.1. The van der Waals surface area contributed by atoms with Gasteiger partial charge in [0.1, 0.15) is 12.1 Å². The largest absolute Gasteiger partial charge is 0.453 e. The minimum absolute atomic E-state index is 0.110. The molecule has 0 aliphatic heterocycles. The lowest BCUT2D eigenvalue weighted by Crippen LogP contribution is -2.20. The van der Waals surface area contributed by atoms with Gasteiger partial charge in [-0.1, -0.05) is 60.1 Å². The van der Waals surface area contributed by atoms with Crippen LogP contribution >= 0.6 is 11.6 Å². The van der Waals surface area contributed by atoms with Crippen molar-refractivity contribution in [3.63, 3.8) is 0 Å². The molecular weight excluding hydrogens is 574 g/mol. The van der Waals surface area contributed by atoms with E-state index in [-0.39, 0.29) is 23.8 Å². The molecule has 0 unspecified atom stereocenters. The summed E-state index contributed by atoms with van der Waals surface area (Å²) in [4.78, 5) is 31.7. The van der Waals surface area contributed by atoms with E-state index in [1.807, 2.05) is 73.0 Å². The molecule has 0 bridgehead atoms. The van der Waals surface area contributed by atoms with Gasteiger partial charge in [-0.05, 0) is 67.9 Å². The molecule has 0 spiro atoms. The number of benzene rings is 4. The number of rotatable bonds is 6. The quantitative estimate of drug-likeness (QED) is 0.200. The third-order valence-electron chi connectivity index (χ3n) is 7.76. The second kappa shape index (κ2) is 11.0. The van der Waals surface area contributed by atoms with Gasteiger partial charge in [0, 0.05) is 38.3 Å². The number of nitrogens with zero attached hydrogens (tertiary/aromatic N) is 4. The maximum Gasteiger partial charge on any atom is 0.282 e. The minimum Gasteiger partial charge on any atom is -0.453 e. The lowest BCUT2D eigenvalue weighted by molar-refractivity contribution is -0.116. The van der Waals surface area contributed by atoms with Crippen molar-refractivity contribution in [2.75, 3.05) is 5.32 Å². The number of hydrogen-bond donors (Lipinski definition) is 1. The average molecular weight is 600 g/mol. The molecule has 0 atom stereocenters. The molecule has 3 aromatic heterocycles. The number of carbonyl (C=O) groups excluding carboxylic acids is 1. The van der Waals surface area contributed by atoms with Gasteiger partial charge in [0.15, 0.2) is 5.76 Å². The molecule has 0 saturated heterocycles. The zero-order valence-corrected chi connectivity index (χ0v) is 24.7. The molecule has 216 valence electrons. The van der Waals surface area contributed by atoms with Crippen LogP contribution in [-0.4, -0.2) is 26.3 Å². The van der Waals surface area contributed by atoms with E-state index in [0.717, 1.165) is 38.8 Å². The van der Waals surface area contributed by atoms with Gasteiger partial charge in [-0.2, -0.15) is 9.78 Å². The summed E-state index contributed by atoms with van der Waals surface area (Å²) < 4.78 is 9.32. The summed E-state index contributed by atoms with van der Waals surface area (Å²) in [6.45, 7) is 4.01. The van der Waals surface area contributed by atoms with Crippen molar-refractivity contribution >= 4 is 62.2 Å². The van der Waals surface area contributed by atoms with Crippen LogP contribution in [-0.2, 0) is 11.3 Å². The van der Waals surface area contributed by atoms with E-state index in [1.165, 1.54) is 4.68 Å². The van der Waals surface area contributed by atoms with Crippen LogP contribution in [0.3, 0.4) is 0 Å². The third-order valence-corrected chi connectivity index (χ3v) is 7.99. The highest BCUT2D eigenvalue weighted by molar-refractivity contribution is 6.31. The fraction of sp³-hybridized carbons (Fsp3) is 0.0857. The van der Waals surface area contributed by atoms with Crippen molar-refractivity contribution in [2.45, 2.75) is 20.4 Å². The Morgan fingerprint density at radius 1 is 0.955 bits per heavy atom. The van der Waals surface area contributed by atoms with Gasteiger partial charge >= 0.3 is 0 Å². The summed E-state index contributed by atoms with van der Waals surface area (Å²) in [7, 11) is 0. The molecule has 4 aromatic carbocycles. The van der Waals surface area contributed by atoms with E-state index in [1.54, 1.807) is 48.7 Å². The molecule has 1 N–H and O–H groups in total. The van der Waals surface area contributed by atoms with Crippen LogP contribution in [0.5, 0.6) is 0 Å². The Kier molecular flexibility index (Phi) is 6.83. The van der Waals surface area contributed by atoms with E-state index in [4.69, 9.17) is 21.0 Å². The van der Waals surface area contributed by atoms with Crippen molar-refractivity contribution in [3.8, 4) is 11.6 Å². The molecule has 7 rings (SSSR count). The Hall–Kier alpha value is -5.47. The van der Waals surface area contributed by atoms with Crippen molar-refractivity contribution in [1.29, 1.82) is 0 Å². The van der Waals surface area contributed by atoms with Crippen molar-refractivity contribution < 1.29 is 9.21 Å². The van der Waals surface area contributed by atoms with Crippen LogP contribution in [0.25, 0.3) is 44.4 Å². The number of fused-ring (bicyclic) bond motifs is 3. The van der Waals surface area contributed by atoms with Crippen LogP contribution in [0.15, 0.2) is 111 Å². The third kappa shape index (κ3) is 4.85. The predicted octanol–water partition coefficient (Wildman–Crippen LogP) is 7.56. The van der Waals surface area contributed by atoms with Crippen LogP contribution in [0.2, 0.25) is 5.02 Å². The van der Waals surface area contributed by atoms with Gasteiger partial charge in [-0.25, -0.2) is 4.98 Å². The minimum atomic E-state index is -0.334. The molecular formula is C35H26ClN5O3. The number of halogens is 1. The molecule has 7 aromatic rings. The van der Waals surface area contributed by atoms with Crippen molar-refractivity contribution in [1.82, 2.24) is 14.2 Å². The van der Waals surface area contributed by atoms with Crippen LogP contribution in [0.4, 0.5) is 5.69 Å². The predicted molar refractivity (Wildman–Crippen MR) is 176 cm³/mol. The van der Waals surface area contributed by atoms with Crippen molar-refractivity contribution in [2.24, 2.45) is 5.10 Å². The smallest absolute Gasteiger partial charge is 0.282 e. The molecule has 1 amide bonds. The Morgan fingerprint density at radius 3 is 2.55 bits per heavy atom. The van der Waals surface area contributed by atoms with Gasteiger partial charge in [0.05, 0.1) is 17.1 Å². The maximum atomic E-state index is 13.8. The number of furan rings is 1. The maximum absolute atomic E-state index is 13.8. The first-order valence-corrected chi connectivity index (χ1v) is 14.4. The number of aromatic nitrogens is 3. The number of anilines is 1. The fourth-order valence-electron chi connectivity index (χ4n) is 5.50. The van der Waals surface area contributed by atoms with E-state index in [9.17, 15) is 9.59 Å². The number of nitrogens with one attached hydrogen (secondary N) is 1. The summed E-state index contributed by atoms with van der Waals surface area (Å²) in [6, 6.07) is 29.7. The molecule has 0 saturated carbocycles. The second-order valence-corrected chi connectivity index (χ2v) is 11.0. The van der Waals surface area contributed by atoms with Gasteiger partial charge in [0.25, 0.3) is 5.56 Å². The van der Waals surface area contributed by atoms with E-state index in [2.05, 4.69) is 10.4 Å². The first-order chi connectivity index (χ1) is 21.4. The molecule has 3 heterocycles. The summed E-state index contributed by atoms with van der Waals surface area (Å²) >= 11 is 6.21. The standard InChI is InChI=1S/C35H26ClN5O3/c1-21-9-3-6-12-28(21)38-33(42)20-40-22(2)27(25-10-5-8-14-30(25)40)19-37-41-34(39-29-13-7-4-11-26(29)35(41)43)32-18-23-17-24(36)15-16-31(23)44-32/h3-19H,20H2,1-2H3,(H,38,42). The highest BCUT2D eigenvalue weighted by atomic mass is 35.5. The zero-order valence-electron chi connectivity index (χ0n) is 23.9. The number of carbonyl (C=O) groups is 1. The number of aryl methyl sites for hydroxylation is 1. The van der Waals surface area contributed by atoms with E-state index < -0.39 is 0 Å². The van der Waals surface area contributed by atoms with Crippen LogP contribution < -0.4 is 10.9 Å². The molecule has 0 radical (unpaired) electrons. The normalized spacial score (nSPS) is 11.7. The van der Waals surface area contributed by atoms with E-state index >= 15 is 0 Å². The average Bonchev–Trinajstić information content (AvgIpc) is 3.56. The SMILES string of the molecule is Cc1ccccc1NC(=O)Cn1c(C)c(C=Nn2c(-c3cc4cc(Cl)ccc4o3)nc3ccccc3c2=O)c2ccccc21. The number of para-hydroxylation sites is 3. The van der Waals surface area contributed by atoms with Gasteiger partial charge in [0.2, 0.25) is 11.7 Å². The van der Waals surface area contributed by atoms with Gasteiger partial charge in [-0.15, -0.1) is 0 Å². The number of hydrogen-bond acceptors (Lipinski definition) is 5. The van der Waals surface area contributed by atoms with Crippen LogP contribution in [0.1, 0.15) is 16.8 Å². The van der Waals surface area contributed by atoms with Gasteiger partial charge < -0.3 is 14.3 Å². The van der Waals surface area contributed by atoms with E-state index in [0.29, 0.717) is 27.3 Å². The highest BCUT2D eigenvalue weighted by Gasteiger charge is 2.19. The lowest BCUT2D eigenvalue weighted by atomic mass is 10.1. The zero-order chi connectivity index (χ0) is 30.4. The summed E-state index contributed by atoms with van der Waals surface area (Å²) in [5.74, 6) is 0.499. The Balaban J connectivity index is 1.33. The Bertz CT molecular complexity index is 2330. The fourth-order valence-corrected chi connectivity index (χ4v) is 5.68. The first kappa shape index (κ1) is 27.4. The Labute approximate surface area is 256 Å². The highest BCUT2D eigenvalue weighted by Crippen LogP contribution is 2.30. The second-order valence-electron chi connectivity index (χ2n) is 10.6. The molecule has 9 heteroatoms. The summed E-state index contributed by atoms with van der Waals surface area (Å²) in [6.07, 6.45) is 1.65. The summed E-state index contributed by atoms with van der Waals surface area (Å²) in [5.41, 5.74) is 5.07. The molecule has 0 aliphatic carbocycles. The van der Waals surface area contributed by atoms with Gasteiger partial charge in [-0.3, -0.25) is 9.59 Å². The molecule has 0 fully saturated rings. The Morgan fingerprint density at radius 2 is 1.70 bits per heavy atom. The number of amides is 1. The molecule has 8 nitrogen and oxygen atoms in total. The topological polar surface area (TPSA) is 94.4 Å².